The van der Waals surface area contributed by atoms with Gasteiger partial charge in [0.15, 0.2) is 12.4 Å². The van der Waals surface area contributed by atoms with Gasteiger partial charge in [-0.25, -0.2) is 0 Å². The number of benzene rings is 1. The van der Waals surface area contributed by atoms with Gasteiger partial charge in [0.2, 0.25) is 11.0 Å². The maximum atomic E-state index is 11.7. The average molecular weight is 493 g/mol. The normalized spacial score (nSPS) is 10.2. The first-order chi connectivity index (χ1) is 13.7. The van der Waals surface area contributed by atoms with Gasteiger partial charge >= 0.3 is 108 Å². The quantitative estimate of drug-likeness (QED) is 0.0834. The van der Waals surface area contributed by atoms with E-state index in [1.54, 1.807) is 13.8 Å². The maximum absolute atomic E-state index is 11.7. The number of carbonyl (C=O) groups is 2. The van der Waals surface area contributed by atoms with Gasteiger partial charge in [-0.1, -0.05) is 0 Å². The zero-order valence-electron chi connectivity index (χ0n) is 17.6. The van der Waals surface area contributed by atoms with E-state index in [0.717, 1.165) is 12.1 Å². The molecule has 0 radical (unpaired) electrons. The molecule has 0 bridgehead atoms. The molecule has 1 rings (SSSR count). The van der Waals surface area contributed by atoms with E-state index in [9.17, 15) is 35.1 Å². The first-order valence-electron chi connectivity index (χ1n) is 8.21. The molecule has 31 heavy (non-hydrogen) atoms. The summed E-state index contributed by atoms with van der Waals surface area (Å²) in [5, 5.41) is 48.9. The summed E-state index contributed by atoms with van der Waals surface area (Å²) >= 11 is 0. The number of carboxylic acid groups (broad SMARTS) is 2. The molecule has 16 heteroatoms. The van der Waals surface area contributed by atoms with E-state index in [-0.39, 0.29) is 113 Å². The molecule has 0 unspecified atom stereocenters. The van der Waals surface area contributed by atoms with Gasteiger partial charge in [-0.3, -0.25) is 10.1 Å². The van der Waals surface area contributed by atoms with Gasteiger partial charge in [0.1, 0.15) is 13.2 Å². The van der Waals surface area contributed by atoms with Crippen LogP contribution in [-0.4, -0.2) is 53.1 Å². The van der Waals surface area contributed by atoms with Crippen molar-refractivity contribution in [3.63, 3.8) is 0 Å². The molecule has 0 N–H and O–H groups in total. The molecule has 0 aliphatic rings. The molecule has 0 atom stereocenters. The Morgan fingerprint density at radius 1 is 1.03 bits per heavy atom. The fourth-order valence-corrected chi connectivity index (χ4v) is 2.10. The van der Waals surface area contributed by atoms with Crippen molar-refractivity contribution in [2.75, 3.05) is 26.3 Å². The minimum atomic E-state index is -1.68. The molecule has 1 aromatic carbocycles. The van der Waals surface area contributed by atoms with Crippen molar-refractivity contribution in [2.24, 2.45) is 5.28 Å². The van der Waals surface area contributed by atoms with Crippen LogP contribution in [0.1, 0.15) is 19.4 Å². The number of carbonyl (C=O) groups excluding carboxylic acids is 2. The van der Waals surface area contributed by atoms with Crippen molar-refractivity contribution in [1.29, 1.82) is 0 Å². The second kappa shape index (κ2) is 17.0. The van der Waals surface area contributed by atoms with Crippen LogP contribution in [0.25, 0.3) is 0 Å². The third-order valence-electron chi connectivity index (χ3n) is 3.36. The molecular weight excluding hydrogens is 474 g/mol. The SMILES string of the molecule is CCN(CC)[N+]([O-])=NOCc1ccc(OCC(=O)[O-])c(OCC(=O)[O-])c1[N+](=O)[O-].[K+].[K+]. The summed E-state index contributed by atoms with van der Waals surface area (Å²) in [7, 11) is 0. The standard InChI is InChI=1S/C15H20N4O10.2K/c1-3-17(4-2)19(26)16-29-7-10-5-6-11(27-8-12(20)21)15(14(10)18(24)25)28-9-13(22)23;;/h5-6H,3-4,7-9H2,1-2H3,(H,20,21)(H,22,23);;/q;2*+1/p-2. The minimum Gasteiger partial charge on any atom is -0.569 e. The van der Waals surface area contributed by atoms with Crippen LogP contribution in [0, 0.1) is 15.3 Å². The van der Waals surface area contributed by atoms with E-state index in [1.807, 2.05) is 0 Å². The van der Waals surface area contributed by atoms with E-state index in [0.29, 0.717) is 13.1 Å². The van der Waals surface area contributed by atoms with Crippen LogP contribution in [0.15, 0.2) is 17.4 Å². The number of nitro groups is 1. The Balaban J connectivity index is 0. The molecule has 0 amide bonds. The fourth-order valence-electron chi connectivity index (χ4n) is 2.10. The van der Waals surface area contributed by atoms with Crippen molar-refractivity contribution >= 4 is 17.6 Å². The second-order valence-corrected chi connectivity index (χ2v) is 5.23. The summed E-state index contributed by atoms with van der Waals surface area (Å²) in [4.78, 5) is 36.8. The number of ether oxygens (including phenoxy) is 2. The smallest absolute Gasteiger partial charge is 0.569 e. The van der Waals surface area contributed by atoms with Gasteiger partial charge in [0.25, 0.3) is 0 Å². The molecule has 0 aliphatic heterocycles. The Kier molecular flexibility index (Phi) is 17.9. The van der Waals surface area contributed by atoms with Gasteiger partial charge < -0.3 is 39.3 Å². The van der Waals surface area contributed by atoms with E-state index in [4.69, 9.17) is 14.3 Å². The van der Waals surface area contributed by atoms with Crippen LogP contribution in [0.2, 0.25) is 0 Å². The zero-order valence-corrected chi connectivity index (χ0v) is 23.8. The Hall–Kier alpha value is -0.567. The minimum absolute atomic E-state index is 0. The molecular formula is C15H18K2N4O10. The monoisotopic (exact) mass is 492 g/mol. The second-order valence-electron chi connectivity index (χ2n) is 5.23. The van der Waals surface area contributed by atoms with Gasteiger partial charge in [-0.15, -0.1) is 5.01 Å². The van der Waals surface area contributed by atoms with Crippen molar-refractivity contribution in [2.45, 2.75) is 20.5 Å². The molecule has 14 nitrogen and oxygen atoms in total. The molecule has 0 saturated heterocycles. The molecule has 160 valence electrons. The Bertz CT molecular complexity index is 789. The maximum Gasteiger partial charge on any atom is 1.00 e. The zero-order chi connectivity index (χ0) is 22.0. The molecule has 0 fully saturated rings. The first kappa shape index (κ1) is 32.6. The predicted octanol–water partition coefficient (Wildman–Crippen LogP) is -7.49. The van der Waals surface area contributed by atoms with Crippen molar-refractivity contribution < 1.29 is 147 Å². The number of aliphatic carboxylic acids is 2. The average Bonchev–Trinajstić information content (AvgIpc) is 2.65. The number of hydrogen-bond donors (Lipinski definition) is 0. The third-order valence-corrected chi connectivity index (χ3v) is 3.36. The van der Waals surface area contributed by atoms with Crippen LogP contribution in [0.3, 0.4) is 0 Å². The molecule has 1 aromatic rings. The molecule has 0 heterocycles. The molecule has 0 aromatic heterocycles. The third kappa shape index (κ3) is 11.2. The van der Waals surface area contributed by atoms with Crippen LogP contribution >= 0.6 is 0 Å². The largest absolute Gasteiger partial charge is 1.00 e. The topological polar surface area (TPSA) is 193 Å². The van der Waals surface area contributed by atoms with E-state index in [2.05, 4.69) is 5.28 Å². The summed E-state index contributed by atoms with van der Waals surface area (Å²) in [5.74, 6) is -4.35. The number of hydrazine groups is 1. The van der Waals surface area contributed by atoms with Gasteiger partial charge in [-0.2, -0.15) is 0 Å². The van der Waals surface area contributed by atoms with E-state index in [1.165, 1.54) is 5.01 Å². The molecule has 0 saturated carbocycles. The Labute approximate surface area is 262 Å². The number of carboxylic acids is 2. The Morgan fingerprint density at radius 2 is 1.58 bits per heavy atom. The number of rotatable bonds is 13. The summed E-state index contributed by atoms with van der Waals surface area (Å²) in [5.41, 5.74) is -0.890. The predicted molar refractivity (Wildman–Crippen MR) is 87.9 cm³/mol. The van der Waals surface area contributed by atoms with Crippen LogP contribution in [0.5, 0.6) is 11.5 Å². The number of nitrogens with zero attached hydrogens (tertiary/aromatic N) is 4. The summed E-state index contributed by atoms with van der Waals surface area (Å²) in [6, 6.07) is 2.26. The molecule has 0 spiro atoms. The van der Waals surface area contributed by atoms with Gasteiger partial charge in [0, 0.05) is 0 Å². The Morgan fingerprint density at radius 3 is 2.06 bits per heavy atom. The first-order valence-corrected chi connectivity index (χ1v) is 8.21. The van der Waals surface area contributed by atoms with E-state index < -0.39 is 53.9 Å². The van der Waals surface area contributed by atoms with Crippen LogP contribution in [0.4, 0.5) is 5.69 Å². The van der Waals surface area contributed by atoms with Crippen molar-refractivity contribution in [1.82, 2.24) is 5.01 Å². The van der Waals surface area contributed by atoms with Gasteiger partial charge in [-0.05, 0) is 26.0 Å². The van der Waals surface area contributed by atoms with E-state index >= 15 is 0 Å². The summed E-state index contributed by atoms with van der Waals surface area (Å²) in [6.45, 7) is 1.55. The number of nitro benzene ring substituents is 1. The van der Waals surface area contributed by atoms with Crippen LogP contribution < -0.4 is 122 Å². The van der Waals surface area contributed by atoms with Crippen LogP contribution in [-0.2, 0) is 21.0 Å². The van der Waals surface area contributed by atoms with Crippen molar-refractivity contribution in [3.05, 3.63) is 33.0 Å². The summed E-state index contributed by atoms with van der Waals surface area (Å²) in [6.07, 6.45) is 0. The summed E-state index contributed by atoms with van der Waals surface area (Å²) < 4.78 is 9.70. The fraction of sp³-hybridized carbons (Fsp3) is 0.467. The van der Waals surface area contributed by atoms with Crippen molar-refractivity contribution in [3.8, 4) is 11.5 Å². The molecule has 0 aliphatic carbocycles. The van der Waals surface area contributed by atoms with Gasteiger partial charge in [0.05, 0.1) is 40.5 Å². The number of hydrogen-bond acceptors (Lipinski definition) is 11.